The third-order valence-corrected chi connectivity index (χ3v) is 24.5. The van der Waals surface area contributed by atoms with E-state index >= 15 is 0 Å². The van der Waals surface area contributed by atoms with Crippen LogP contribution in [0.15, 0.2) is 12.2 Å². The van der Waals surface area contributed by atoms with Crippen molar-refractivity contribution in [2.75, 3.05) is 26.4 Å². The molecule has 18 unspecified atom stereocenters. The molecule has 0 aromatic heterocycles. The van der Waals surface area contributed by atoms with E-state index in [-0.39, 0.29) is 25.7 Å². The number of rotatable bonds is 78. The Bertz CT molecular complexity index is 2500. The molecule has 2 heterocycles. The van der Waals surface area contributed by atoms with Crippen LogP contribution in [-0.4, -0.2) is 205 Å². The molecule has 1 aliphatic carbocycles. The monoisotopic (exact) mass is 1710 g/mol. The number of unbranched alkanes of at least 4 members (excludes halogenated alkanes) is 52. The van der Waals surface area contributed by atoms with Gasteiger partial charge in [0.2, 0.25) is 0 Å². The Hall–Kier alpha value is -2.79. The molecule has 0 aromatic carbocycles. The van der Waals surface area contributed by atoms with Gasteiger partial charge in [-0.05, 0) is 51.4 Å². The van der Waals surface area contributed by atoms with Crippen molar-refractivity contribution >= 4 is 31.7 Å². The van der Waals surface area contributed by atoms with Gasteiger partial charge in [0.15, 0.2) is 24.8 Å². The molecule has 25 nitrogen and oxygen atoms in total. The van der Waals surface area contributed by atoms with Crippen LogP contribution < -0.4 is 0 Å². The standard InChI is InChI=1S/C92H171O25P/c1-5-9-13-17-21-25-29-33-36-39-42-44-48-52-56-60-64-75(94)108-69-72(111-77(96)66-62-58-54-50-47-43-38-35-31-27-23-19-15-11-7-3)70-110-118(106,107)117-90-88(115-91-85(104)81(100)79(98)73(68-93)112-91)84(103)83(102)87(114-78(97)67-63-59-55-51-46-40-32-28-24-20-16-12-8-4)89(90)116-92-86(105)82(101)80(99)74(113-92)71-109-76(95)65-61-57-53-49-45-41-37-34-30-26-22-18-14-10-6-2/h27,31,72-74,79-93,98-105H,5-26,28-30,32-71H2,1-4H3,(H,106,107)/b31-27-. The van der Waals surface area contributed by atoms with Crippen molar-refractivity contribution in [3.05, 3.63) is 12.2 Å². The summed E-state index contributed by atoms with van der Waals surface area (Å²) in [6, 6.07) is 0. The highest BCUT2D eigenvalue weighted by molar-refractivity contribution is 7.47. The van der Waals surface area contributed by atoms with Crippen molar-refractivity contribution in [3.63, 3.8) is 0 Å². The maximum atomic E-state index is 14.9. The van der Waals surface area contributed by atoms with Gasteiger partial charge in [-0.15, -0.1) is 0 Å². The molecule has 0 amide bonds. The Kier molecular flexibility index (Phi) is 66.2. The summed E-state index contributed by atoms with van der Waals surface area (Å²) in [4.78, 5) is 66.5. The molecule has 3 fully saturated rings. The summed E-state index contributed by atoms with van der Waals surface area (Å²) in [5.41, 5.74) is 0. The predicted octanol–water partition coefficient (Wildman–Crippen LogP) is 17.9. The number of phosphoric acid groups is 1. The Morgan fingerprint density at radius 2 is 0.636 bits per heavy atom. The first kappa shape index (κ1) is 109. The van der Waals surface area contributed by atoms with Gasteiger partial charge in [-0.3, -0.25) is 28.2 Å². The van der Waals surface area contributed by atoms with E-state index in [1.165, 1.54) is 186 Å². The second-order valence-corrected chi connectivity index (χ2v) is 35.6. The zero-order valence-electron chi connectivity index (χ0n) is 74.0. The Morgan fingerprint density at radius 1 is 0.331 bits per heavy atom. The molecule has 694 valence electrons. The van der Waals surface area contributed by atoms with E-state index in [1.807, 2.05) is 0 Å². The summed E-state index contributed by atoms with van der Waals surface area (Å²) in [6.07, 6.45) is 30.5. The average Bonchev–Trinajstić information content (AvgIpc) is 0.755. The van der Waals surface area contributed by atoms with Crippen LogP contribution in [0.2, 0.25) is 0 Å². The molecule has 1 saturated carbocycles. The van der Waals surface area contributed by atoms with Crippen molar-refractivity contribution in [2.24, 2.45) is 0 Å². The minimum atomic E-state index is -5.81. The minimum absolute atomic E-state index is 0.0190. The van der Waals surface area contributed by atoms with Crippen molar-refractivity contribution < 1.29 is 122 Å². The van der Waals surface area contributed by atoms with Crippen molar-refractivity contribution in [1.82, 2.24) is 0 Å². The van der Waals surface area contributed by atoms with E-state index in [0.29, 0.717) is 38.5 Å². The number of hydrogen-bond acceptors (Lipinski definition) is 24. The fraction of sp³-hybridized carbons (Fsp3) is 0.935. The summed E-state index contributed by atoms with van der Waals surface area (Å²) in [7, 11) is -5.81. The van der Waals surface area contributed by atoms with E-state index in [9.17, 15) is 74.6 Å². The number of carbonyl (C=O) groups excluding carboxylic acids is 4. The predicted molar refractivity (Wildman–Crippen MR) is 458 cm³/mol. The Morgan fingerprint density at radius 3 is 1.02 bits per heavy atom. The molecule has 3 aliphatic rings. The third-order valence-electron chi connectivity index (χ3n) is 23.5. The van der Waals surface area contributed by atoms with Crippen LogP contribution in [-0.2, 0) is 70.7 Å². The summed E-state index contributed by atoms with van der Waals surface area (Å²) in [6.45, 7) is 5.61. The highest BCUT2D eigenvalue weighted by Gasteiger charge is 2.60. The number of aliphatic hydroxyl groups excluding tert-OH is 9. The first-order valence-corrected chi connectivity index (χ1v) is 49.4. The zero-order chi connectivity index (χ0) is 86.1. The van der Waals surface area contributed by atoms with Crippen LogP contribution in [0.25, 0.3) is 0 Å². The molecular formula is C92H171O25P. The first-order chi connectivity index (χ1) is 57.2. The fourth-order valence-electron chi connectivity index (χ4n) is 15.9. The van der Waals surface area contributed by atoms with E-state index in [0.717, 1.165) is 141 Å². The van der Waals surface area contributed by atoms with Gasteiger partial charge in [-0.2, -0.15) is 0 Å². The van der Waals surface area contributed by atoms with E-state index in [4.69, 9.17) is 46.9 Å². The Labute approximate surface area is 712 Å². The van der Waals surface area contributed by atoms with Gasteiger partial charge in [0, 0.05) is 25.7 Å². The van der Waals surface area contributed by atoms with Gasteiger partial charge in [-0.25, -0.2) is 4.57 Å². The molecule has 3 rings (SSSR count). The van der Waals surface area contributed by atoms with Crippen LogP contribution in [0.4, 0.5) is 0 Å². The number of esters is 4. The number of ether oxygens (including phenoxy) is 8. The zero-order valence-corrected chi connectivity index (χ0v) is 74.9. The van der Waals surface area contributed by atoms with Gasteiger partial charge >= 0.3 is 31.7 Å². The normalized spacial score (nSPS) is 24.9. The largest absolute Gasteiger partial charge is 0.472 e. The van der Waals surface area contributed by atoms with Gasteiger partial charge in [0.1, 0.15) is 92.6 Å². The molecule has 0 radical (unpaired) electrons. The number of hydrogen-bond donors (Lipinski definition) is 10. The van der Waals surface area contributed by atoms with Crippen LogP contribution in [0, 0.1) is 0 Å². The molecule has 0 aromatic rings. The Balaban J connectivity index is 1.90. The SMILES string of the molecule is CCCCCC/C=C\CCCCCCCCCC(=O)OC(COC(=O)CCCCCCCCCCCCCCCCCC)COP(=O)(O)OC1C(OC2OC(CO)C(O)C(O)C2O)C(O)C(O)C(OC(=O)CCCCCCCCCCCCCCC)C1OC1OC(COC(=O)CCCCCCCCCCCCCCCCC)C(O)C(O)C1O. The molecule has 26 heteroatoms. The molecule has 0 spiro atoms. The van der Waals surface area contributed by atoms with Crippen LogP contribution in [0.1, 0.15) is 419 Å². The van der Waals surface area contributed by atoms with E-state index in [1.54, 1.807) is 0 Å². The topological polar surface area (TPSA) is 380 Å². The first-order valence-electron chi connectivity index (χ1n) is 47.9. The van der Waals surface area contributed by atoms with Crippen LogP contribution in [0.3, 0.4) is 0 Å². The molecular weight excluding hydrogens is 1540 g/mol. The van der Waals surface area contributed by atoms with E-state index < -0.39 is 162 Å². The lowest BCUT2D eigenvalue weighted by molar-refractivity contribution is -0.360. The quantitative estimate of drug-likeness (QED) is 0.00889. The number of carbonyl (C=O) groups is 4. The molecule has 0 bridgehead atoms. The molecule has 10 N–H and O–H groups in total. The highest BCUT2D eigenvalue weighted by atomic mass is 31.2. The maximum Gasteiger partial charge on any atom is 0.472 e. The average molecular weight is 1710 g/mol. The van der Waals surface area contributed by atoms with Crippen LogP contribution >= 0.6 is 7.82 Å². The smallest absolute Gasteiger partial charge is 0.463 e. The molecule has 18 atom stereocenters. The maximum absolute atomic E-state index is 14.9. The number of phosphoric ester groups is 1. The lowest BCUT2D eigenvalue weighted by Crippen LogP contribution is -2.70. The van der Waals surface area contributed by atoms with Gasteiger partial charge in [0.25, 0.3) is 0 Å². The van der Waals surface area contributed by atoms with Gasteiger partial charge in [-0.1, -0.05) is 354 Å². The van der Waals surface area contributed by atoms with Gasteiger partial charge in [0.05, 0.1) is 13.2 Å². The lowest BCUT2D eigenvalue weighted by atomic mass is 9.84. The second kappa shape index (κ2) is 71.4. The second-order valence-electron chi connectivity index (χ2n) is 34.2. The summed E-state index contributed by atoms with van der Waals surface area (Å²) < 4.78 is 73.5. The molecule has 2 aliphatic heterocycles. The molecule has 2 saturated heterocycles. The summed E-state index contributed by atoms with van der Waals surface area (Å²) in [5.74, 6) is -2.95. The lowest BCUT2D eigenvalue weighted by Gasteiger charge is -2.50. The van der Waals surface area contributed by atoms with Crippen LogP contribution in [0.5, 0.6) is 0 Å². The van der Waals surface area contributed by atoms with E-state index in [2.05, 4.69) is 39.8 Å². The van der Waals surface area contributed by atoms with Crippen molar-refractivity contribution in [3.8, 4) is 0 Å². The van der Waals surface area contributed by atoms with Crippen molar-refractivity contribution in [1.29, 1.82) is 0 Å². The third kappa shape index (κ3) is 51.0. The summed E-state index contributed by atoms with van der Waals surface area (Å²) >= 11 is 0. The molecule has 118 heavy (non-hydrogen) atoms. The van der Waals surface area contributed by atoms with Gasteiger partial charge < -0.3 is 88.7 Å². The van der Waals surface area contributed by atoms with Crippen molar-refractivity contribution in [2.45, 2.75) is 524 Å². The number of allylic oxidation sites excluding steroid dienone is 2. The minimum Gasteiger partial charge on any atom is -0.463 e. The number of aliphatic hydroxyl groups is 9. The fourth-order valence-corrected chi connectivity index (χ4v) is 16.9. The summed E-state index contributed by atoms with van der Waals surface area (Å²) in [5, 5.41) is 102. The highest BCUT2D eigenvalue weighted by Crippen LogP contribution is 2.49.